The lowest BCUT2D eigenvalue weighted by Crippen LogP contribution is -2.29. The molecule has 2 aromatic carbocycles. The van der Waals surface area contributed by atoms with Crippen LogP contribution >= 0.6 is 11.3 Å². The molecule has 186 valence electrons. The largest absolute Gasteiger partial charge is 0.507 e. The molecule has 0 bridgehead atoms. The van der Waals surface area contributed by atoms with Gasteiger partial charge in [0.1, 0.15) is 24.7 Å². The van der Waals surface area contributed by atoms with Crippen LogP contribution in [0.4, 0.5) is 5.13 Å². The van der Waals surface area contributed by atoms with Crippen molar-refractivity contribution in [2.75, 3.05) is 24.7 Å². The standard InChI is InChI=1S/C27H26N2O6S/c1-2-3-4-11-33-19-7-5-6-17(15-19)23-22(25(31)26(32)29(23)27-28-10-14-36-27)24(30)18-8-9-20-21(16-18)35-13-12-34-20/h5-10,14-16,23,30H,2-4,11-13H2,1H3/b24-22+. The van der Waals surface area contributed by atoms with Gasteiger partial charge in [0.05, 0.1) is 18.2 Å². The highest BCUT2D eigenvalue weighted by atomic mass is 32.1. The fourth-order valence-electron chi connectivity index (χ4n) is 4.34. The Morgan fingerprint density at radius 1 is 1.14 bits per heavy atom. The molecule has 0 radical (unpaired) electrons. The quantitative estimate of drug-likeness (QED) is 0.196. The third-order valence-electron chi connectivity index (χ3n) is 6.08. The van der Waals surface area contributed by atoms with Crippen molar-refractivity contribution in [1.82, 2.24) is 4.98 Å². The fraction of sp³-hybridized carbons (Fsp3) is 0.296. The number of hydrogen-bond donors (Lipinski definition) is 1. The van der Waals surface area contributed by atoms with E-state index in [4.69, 9.17) is 14.2 Å². The lowest BCUT2D eigenvalue weighted by Gasteiger charge is -2.23. The number of aliphatic hydroxyl groups excluding tert-OH is 1. The first-order chi connectivity index (χ1) is 17.6. The number of ketones is 1. The van der Waals surface area contributed by atoms with Gasteiger partial charge in [-0.1, -0.05) is 31.9 Å². The predicted molar refractivity (Wildman–Crippen MR) is 136 cm³/mol. The van der Waals surface area contributed by atoms with E-state index in [0.29, 0.717) is 53.3 Å². The molecule has 1 fully saturated rings. The highest BCUT2D eigenvalue weighted by Gasteiger charge is 2.48. The lowest BCUT2D eigenvalue weighted by atomic mass is 9.95. The van der Waals surface area contributed by atoms with E-state index < -0.39 is 17.7 Å². The van der Waals surface area contributed by atoms with E-state index in [1.165, 1.54) is 16.2 Å². The molecule has 5 rings (SSSR count). The van der Waals surface area contributed by atoms with E-state index in [9.17, 15) is 14.7 Å². The molecule has 0 aliphatic carbocycles. The molecule has 0 spiro atoms. The van der Waals surface area contributed by atoms with E-state index in [1.54, 1.807) is 35.8 Å². The van der Waals surface area contributed by atoms with Gasteiger partial charge in [-0.15, -0.1) is 11.3 Å². The van der Waals surface area contributed by atoms with Crippen LogP contribution < -0.4 is 19.1 Å². The molecule has 0 saturated carbocycles. The maximum absolute atomic E-state index is 13.3. The van der Waals surface area contributed by atoms with E-state index in [1.807, 2.05) is 18.2 Å². The number of aromatic nitrogens is 1. The highest BCUT2D eigenvalue weighted by molar-refractivity contribution is 7.14. The average molecular weight is 507 g/mol. The Bertz CT molecular complexity index is 1300. The minimum Gasteiger partial charge on any atom is -0.507 e. The number of anilines is 1. The third-order valence-corrected chi connectivity index (χ3v) is 6.85. The number of Topliss-reactive ketones (excluding diaryl/α,β-unsaturated/α-hetero) is 1. The third kappa shape index (κ3) is 4.54. The van der Waals surface area contributed by atoms with Gasteiger partial charge in [-0.2, -0.15) is 0 Å². The van der Waals surface area contributed by atoms with Crippen LogP contribution in [0.3, 0.4) is 0 Å². The van der Waals surface area contributed by atoms with Crippen molar-refractivity contribution in [2.24, 2.45) is 0 Å². The van der Waals surface area contributed by atoms with Crippen molar-refractivity contribution in [3.63, 3.8) is 0 Å². The number of hydrogen-bond acceptors (Lipinski definition) is 8. The SMILES string of the molecule is CCCCCOc1cccc(C2/C(=C(\O)c3ccc4c(c3)OCCO4)C(=O)C(=O)N2c2nccs2)c1. The number of nitrogens with zero attached hydrogens (tertiary/aromatic N) is 2. The Labute approximate surface area is 212 Å². The first-order valence-electron chi connectivity index (χ1n) is 11.9. The smallest absolute Gasteiger partial charge is 0.301 e. The van der Waals surface area contributed by atoms with Gasteiger partial charge >= 0.3 is 5.91 Å². The number of fused-ring (bicyclic) bond motifs is 1. The second-order valence-corrected chi connectivity index (χ2v) is 9.34. The summed E-state index contributed by atoms with van der Waals surface area (Å²) >= 11 is 1.25. The number of carbonyl (C=O) groups excluding carboxylic acids is 2. The van der Waals surface area contributed by atoms with Gasteiger partial charge in [0, 0.05) is 17.1 Å². The monoisotopic (exact) mass is 506 g/mol. The zero-order chi connectivity index (χ0) is 25.1. The first-order valence-corrected chi connectivity index (χ1v) is 12.8. The molecular weight excluding hydrogens is 480 g/mol. The summed E-state index contributed by atoms with van der Waals surface area (Å²) in [6, 6.07) is 11.3. The van der Waals surface area contributed by atoms with E-state index in [-0.39, 0.29) is 11.3 Å². The number of thiazole rings is 1. The molecule has 3 heterocycles. The molecule has 1 saturated heterocycles. The summed E-state index contributed by atoms with van der Waals surface area (Å²) in [5, 5.41) is 13.5. The fourth-order valence-corrected chi connectivity index (χ4v) is 5.01. The molecule has 1 unspecified atom stereocenters. The van der Waals surface area contributed by atoms with Crippen molar-refractivity contribution in [1.29, 1.82) is 0 Å². The van der Waals surface area contributed by atoms with Crippen molar-refractivity contribution in [3.05, 3.63) is 70.7 Å². The molecule has 8 nitrogen and oxygen atoms in total. The van der Waals surface area contributed by atoms with Crippen molar-refractivity contribution >= 4 is 33.9 Å². The maximum Gasteiger partial charge on any atom is 0.301 e. The Morgan fingerprint density at radius 2 is 1.97 bits per heavy atom. The van der Waals surface area contributed by atoms with Crippen molar-refractivity contribution < 1.29 is 28.9 Å². The van der Waals surface area contributed by atoms with Crippen LogP contribution in [0, 0.1) is 0 Å². The summed E-state index contributed by atoms with van der Waals surface area (Å²) in [5.41, 5.74) is 0.972. The summed E-state index contributed by atoms with van der Waals surface area (Å²) in [6.07, 6.45) is 4.66. The number of ether oxygens (including phenoxy) is 3. The number of unbranched alkanes of at least 4 members (excludes halogenated alkanes) is 2. The Kier molecular flexibility index (Phi) is 6.90. The summed E-state index contributed by atoms with van der Waals surface area (Å²) in [7, 11) is 0. The molecule has 1 amide bonds. The van der Waals surface area contributed by atoms with Crippen LogP contribution in [0.5, 0.6) is 17.2 Å². The minimum absolute atomic E-state index is 0.0185. The molecule has 2 aliphatic heterocycles. The van der Waals surface area contributed by atoms with E-state index >= 15 is 0 Å². The Balaban J connectivity index is 1.58. The minimum atomic E-state index is -0.872. The number of benzene rings is 2. The number of rotatable bonds is 8. The van der Waals surface area contributed by atoms with Crippen molar-refractivity contribution in [3.8, 4) is 17.2 Å². The predicted octanol–water partition coefficient (Wildman–Crippen LogP) is 5.11. The molecule has 3 aromatic rings. The maximum atomic E-state index is 13.3. The molecule has 2 aliphatic rings. The van der Waals surface area contributed by atoms with Crippen LogP contribution in [-0.2, 0) is 9.59 Å². The number of amides is 1. The molecule has 9 heteroatoms. The van der Waals surface area contributed by atoms with Crippen LogP contribution in [0.2, 0.25) is 0 Å². The van der Waals surface area contributed by atoms with E-state index in [2.05, 4.69) is 11.9 Å². The van der Waals surface area contributed by atoms with E-state index in [0.717, 1.165) is 19.3 Å². The van der Waals surface area contributed by atoms with Gasteiger partial charge in [0.15, 0.2) is 16.6 Å². The second kappa shape index (κ2) is 10.4. The van der Waals surface area contributed by atoms with Gasteiger partial charge in [-0.25, -0.2) is 4.98 Å². The summed E-state index contributed by atoms with van der Waals surface area (Å²) in [6.45, 7) is 3.52. The van der Waals surface area contributed by atoms with Gasteiger partial charge in [-0.3, -0.25) is 14.5 Å². The van der Waals surface area contributed by atoms with Gasteiger partial charge in [-0.05, 0) is 42.3 Å². The van der Waals surface area contributed by atoms with Crippen LogP contribution in [0.25, 0.3) is 5.76 Å². The van der Waals surface area contributed by atoms with Crippen LogP contribution in [-0.4, -0.2) is 41.6 Å². The van der Waals surface area contributed by atoms with Gasteiger partial charge in [0.2, 0.25) is 0 Å². The van der Waals surface area contributed by atoms with Crippen molar-refractivity contribution in [2.45, 2.75) is 32.2 Å². The summed E-state index contributed by atoms with van der Waals surface area (Å²) in [5.74, 6) is -0.152. The zero-order valence-corrected chi connectivity index (χ0v) is 20.6. The molecule has 1 atom stereocenters. The topological polar surface area (TPSA) is 98.2 Å². The molecule has 36 heavy (non-hydrogen) atoms. The lowest BCUT2D eigenvalue weighted by molar-refractivity contribution is -0.132. The Hall–Kier alpha value is -3.85. The summed E-state index contributed by atoms with van der Waals surface area (Å²) in [4.78, 5) is 32.1. The zero-order valence-electron chi connectivity index (χ0n) is 19.8. The average Bonchev–Trinajstić information content (AvgIpc) is 3.52. The summed E-state index contributed by atoms with van der Waals surface area (Å²) < 4.78 is 17.1. The van der Waals surface area contributed by atoms with Gasteiger partial charge in [0.25, 0.3) is 5.78 Å². The first kappa shape index (κ1) is 23.9. The molecule has 1 N–H and O–H groups in total. The second-order valence-electron chi connectivity index (χ2n) is 8.47. The van der Waals surface area contributed by atoms with Crippen LogP contribution in [0.1, 0.15) is 43.4 Å². The number of carbonyl (C=O) groups is 2. The van der Waals surface area contributed by atoms with Gasteiger partial charge < -0.3 is 19.3 Å². The number of aliphatic hydroxyl groups is 1. The Morgan fingerprint density at radius 3 is 2.75 bits per heavy atom. The molecular formula is C27H26N2O6S. The normalized spacial score (nSPS) is 18.5. The molecule has 1 aromatic heterocycles. The highest BCUT2D eigenvalue weighted by Crippen LogP contribution is 2.44. The van der Waals surface area contributed by atoms with Crippen LogP contribution in [0.15, 0.2) is 59.6 Å².